The average Bonchev–Trinajstić information content (AvgIpc) is 3.29. The Kier molecular flexibility index (Phi) is 5.31. The van der Waals surface area contributed by atoms with Gasteiger partial charge in [-0.25, -0.2) is 4.79 Å². The fourth-order valence-corrected chi connectivity index (χ4v) is 4.02. The van der Waals surface area contributed by atoms with Crippen molar-refractivity contribution in [3.05, 3.63) is 71.2 Å². The first kappa shape index (κ1) is 19.8. The second kappa shape index (κ2) is 8.06. The molecular weight excluding hydrogens is 374 g/mol. The number of rotatable bonds is 7. The summed E-state index contributed by atoms with van der Waals surface area (Å²) < 4.78 is 3.64. The molecule has 4 rings (SSSR count). The molecule has 2 aromatic heterocycles. The van der Waals surface area contributed by atoms with E-state index in [0.29, 0.717) is 19.6 Å². The average molecular weight is 402 g/mol. The molecule has 30 heavy (non-hydrogen) atoms. The van der Waals surface area contributed by atoms with Gasteiger partial charge in [0.05, 0.1) is 22.3 Å². The van der Waals surface area contributed by atoms with Gasteiger partial charge in [0, 0.05) is 25.2 Å². The van der Waals surface area contributed by atoms with Crippen LogP contribution >= 0.6 is 0 Å². The molecule has 2 N–H and O–H groups in total. The van der Waals surface area contributed by atoms with Gasteiger partial charge in [0.15, 0.2) is 5.82 Å². The predicted molar refractivity (Wildman–Crippen MR) is 124 cm³/mol. The summed E-state index contributed by atoms with van der Waals surface area (Å²) in [7, 11) is 0. The lowest BCUT2D eigenvalue weighted by molar-refractivity contribution is 0.671. The molecular formula is C24H27N5O. The van der Waals surface area contributed by atoms with Crippen molar-refractivity contribution < 1.29 is 0 Å². The molecule has 6 nitrogen and oxygen atoms in total. The van der Waals surface area contributed by atoms with E-state index < -0.39 is 0 Å². The lowest BCUT2D eigenvalue weighted by Crippen LogP contribution is -2.22. The molecule has 0 saturated heterocycles. The van der Waals surface area contributed by atoms with Crippen LogP contribution < -0.4 is 11.0 Å². The van der Waals surface area contributed by atoms with Gasteiger partial charge in [-0.2, -0.15) is 5.10 Å². The van der Waals surface area contributed by atoms with Crippen molar-refractivity contribution in [3.8, 4) is 22.4 Å². The standard InChI is InChI=1S/C24H27N5O/c1-5-13-25-23-21(22(26-27-23)18-10-8-9-16(4)14-18)17-11-12-19-20(15-17)29(7-3)24(30)28(19)6-2/h5,8-12,14-15H,1,6-7,13H2,2-4H3,(H2,25,26,27). The normalized spacial score (nSPS) is 11.2. The zero-order valence-corrected chi connectivity index (χ0v) is 17.7. The van der Waals surface area contributed by atoms with Crippen molar-refractivity contribution in [2.24, 2.45) is 0 Å². The highest BCUT2D eigenvalue weighted by atomic mass is 16.1. The molecule has 2 heterocycles. The van der Waals surface area contributed by atoms with Crippen molar-refractivity contribution in [2.75, 3.05) is 11.9 Å². The highest BCUT2D eigenvalue weighted by Crippen LogP contribution is 2.37. The number of nitrogens with zero attached hydrogens (tertiary/aromatic N) is 3. The van der Waals surface area contributed by atoms with Crippen LogP contribution in [0.3, 0.4) is 0 Å². The quantitative estimate of drug-likeness (QED) is 0.437. The number of aromatic amines is 1. The molecule has 0 unspecified atom stereocenters. The lowest BCUT2D eigenvalue weighted by Gasteiger charge is -2.09. The maximum Gasteiger partial charge on any atom is 0.329 e. The number of fused-ring (bicyclic) bond motifs is 1. The van der Waals surface area contributed by atoms with Crippen LogP contribution in [0.2, 0.25) is 0 Å². The summed E-state index contributed by atoms with van der Waals surface area (Å²) in [5, 5.41) is 11.1. The molecule has 0 saturated carbocycles. The van der Waals surface area contributed by atoms with E-state index >= 15 is 0 Å². The molecule has 0 spiro atoms. The van der Waals surface area contributed by atoms with Crippen molar-refractivity contribution in [1.82, 2.24) is 19.3 Å². The number of aryl methyl sites for hydroxylation is 3. The topological polar surface area (TPSA) is 67.6 Å². The number of imidazole rings is 1. The van der Waals surface area contributed by atoms with Crippen LogP contribution in [-0.2, 0) is 13.1 Å². The van der Waals surface area contributed by atoms with Gasteiger partial charge in [-0.05, 0) is 44.5 Å². The van der Waals surface area contributed by atoms with E-state index in [1.165, 1.54) is 5.56 Å². The number of hydrogen-bond donors (Lipinski definition) is 2. The molecule has 0 bridgehead atoms. The molecule has 6 heteroatoms. The van der Waals surface area contributed by atoms with E-state index in [1.807, 2.05) is 41.2 Å². The first-order valence-corrected chi connectivity index (χ1v) is 10.3. The highest BCUT2D eigenvalue weighted by Gasteiger charge is 2.19. The zero-order valence-electron chi connectivity index (χ0n) is 17.7. The maximum absolute atomic E-state index is 12.8. The van der Waals surface area contributed by atoms with Gasteiger partial charge in [-0.15, -0.1) is 6.58 Å². The molecule has 0 amide bonds. The second-order valence-corrected chi connectivity index (χ2v) is 7.34. The third kappa shape index (κ3) is 3.24. The number of H-pyrrole nitrogens is 1. The highest BCUT2D eigenvalue weighted by molar-refractivity contribution is 5.92. The number of nitrogens with one attached hydrogen (secondary N) is 2. The lowest BCUT2D eigenvalue weighted by atomic mass is 9.99. The Balaban J connectivity index is 1.96. The first-order valence-electron chi connectivity index (χ1n) is 10.3. The van der Waals surface area contributed by atoms with Crippen molar-refractivity contribution >= 4 is 16.9 Å². The SMILES string of the molecule is C=CCNc1n[nH]c(-c2cccc(C)c2)c1-c1ccc2c(c1)n(CC)c(=O)n2CC. The number of hydrogen-bond acceptors (Lipinski definition) is 3. The summed E-state index contributed by atoms with van der Waals surface area (Å²) in [5.74, 6) is 0.770. The van der Waals surface area contributed by atoms with Gasteiger partial charge in [0.25, 0.3) is 0 Å². The second-order valence-electron chi connectivity index (χ2n) is 7.34. The van der Waals surface area contributed by atoms with Gasteiger partial charge in [-0.3, -0.25) is 14.2 Å². The third-order valence-electron chi connectivity index (χ3n) is 5.43. The fraction of sp³-hybridized carbons (Fsp3) is 0.250. The number of benzene rings is 2. The van der Waals surface area contributed by atoms with E-state index in [2.05, 4.69) is 59.3 Å². The van der Waals surface area contributed by atoms with Crippen LogP contribution in [-0.4, -0.2) is 25.9 Å². The van der Waals surface area contributed by atoms with Gasteiger partial charge in [-0.1, -0.05) is 35.9 Å². The van der Waals surface area contributed by atoms with Crippen molar-refractivity contribution in [3.63, 3.8) is 0 Å². The molecule has 4 aromatic rings. The molecule has 0 aliphatic heterocycles. The smallest absolute Gasteiger partial charge is 0.329 e. The molecule has 0 radical (unpaired) electrons. The predicted octanol–water partition coefficient (Wildman–Crippen LogP) is 4.81. The van der Waals surface area contributed by atoms with E-state index in [4.69, 9.17) is 0 Å². The number of aromatic nitrogens is 4. The molecule has 0 aliphatic rings. The van der Waals surface area contributed by atoms with Gasteiger partial charge in [0.2, 0.25) is 0 Å². The van der Waals surface area contributed by atoms with E-state index in [0.717, 1.165) is 39.2 Å². The summed E-state index contributed by atoms with van der Waals surface area (Å²) >= 11 is 0. The first-order chi connectivity index (χ1) is 14.6. The maximum atomic E-state index is 12.8. The molecule has 2 aromatic carbocycles. The molecule has 0 atom stereocenters. The Morgan fingerprint density at radius 3 is 2.53 bits per heavy atom. The van der Waals surface area contributed by atoms with Crippen LogP contribution in [0.15, 0.2) is 59.9 Å². The Bertz CT molecular complexity index is 1270. The molecule has 0 fully saturated rings. The van der Waals surface area contributed by atoms with Crippen LogP contribution in [0.25, 0.3) is 33.4 Å². The summed E-state index contributed by atoms with van der Waals surface area (Å²) in [6.45, 7) is 11.8. The molecule has 0 aliphatic carbocycles. The van der Waals surface area contributed by atoms with Crippen LogP contribution in [0.4, 0.5) is 5.82 Å². The Hall–Kier alpha value is -3.54. The minimum atomic E-state index is 0.0308. The monoisotopic (exact) mass is 401 g/mol. The van der Waals surface area contributed by atoms with Crippen LogP contribution in [0.1, 0.15) is 19.4 Å². The minimum Gasteiger partial charge on any atom is -0.365 e. The van der Waals surface area contributed by atoms with E-state index in [1.54, 1.807) is 0 Å². The fourth-order valence-electron chi connectivity index (χ4n) is 4.02. The van der Waals surface area contributed by atoms with Crippen LogP contribution in [0, 0.1) is 6.92 Å². The Morgan fingerprint density at radius 2 is 1.83 bits per heavy atom. The van der Waals surface area contributed by atoms with Gasteiger partial charge < -0.3 is 5.32 Å². The number of anilines is 1. The van der Waals surface area contributed by atoms with Crippen LogP contribution in [0.5, 0.6) is 0 Å². The molecule has 154 valence electrons. The Morgan fingerprint density at radius 1 is 1.07 bits per heavy atom. The summed E-state index contributed by atoms with van der Waals surface area (Å²) in [6, 6.07) is 14.5. The minimum absolute atomic E-state index is 0.0308. The third-order valence-corrected chi connectivity index (χ3v) is 5.43. The summed E-state index contributed by atoms with van der Waals surface area (Å²) in [6.07, 6.45) is 1.81. The Labute approximate surface area is 175 Å². The van der Waals surface area contributed by atoms with Crippen molar-refractivity contribution in [1.29, 1.82) is 0 Å². The van der Waals surface area contributed by atoms with Gasteiger partial charge >= 0.3 is 5.69 Å². The van der Waals surface area contributed by atoms with Gasteiger partial charge in [0.1, 0.15) is 0 Å². The van der Waals surface area contributed by atoms with E-state index in [9.17, 15) is 4.79 Å². The summed E-state index contributed by atoms with van der Waals surface area (Å²) in [4.78, 5) is 12.8. The summed E-state index contributed by atoms with van der Waals surface area (Å²) in [5.41, 5.74) is 7.13. The largest absolute Gasteiger partial charge is 0.365 e. The zero-order chi connectivity index (χ0) is 21.3. The van der Waals surface area contributed by atoms with E-state index in [-0.39, 0.29) is 5.69 Å². The van der Waals surface area contributed by atoms with Crippen molar-refractivity contribution in [2.45, 2.75) is 33.9 Å².